The molecule has 0 aliphatic heterocycles. The zero-order chi connectivity index (χ0) is 21.8. The first-order valence-electron chi connectivity index (χ1n) is 9.89. The van der Waals surface area contributed by atoms with Crippen molar-refractivity contribution in [3.63, 3.8) is 0 Å². The number of aryl methyl sites for hydroxylation is 1. The van der Waals surface area contributed by atoms with Crippen LogP contribution >= 0.6 is 0 Å². The minimum atomic E-state index is -0.456. The second-order valence-electron chi connectivity index (χ2n) is 7.27. The number of Topliss-reactive ketones (excluding diaryl/α,β-unsaturated/α-hetero) is 1. The summed E-state index contributed by atoms with van der Waals surface area (Å²) in [7, 11) is 1.33. The molecule has 0 radical (unpaired) electrons. The number of rotatable bonds is 9. The first kappa shape index (κ1) is 21.5. The monoisotopic (exact) mass is 415 g/mol. The van der Waals surface area contributed by atoms with Crippen molar-refractivity contribution in [2.75, 3.05) is 13.7 Å². The van der Waals surface area contributed by atoms with Crippen LogP contribution in [0.3, 0.4) is 0 Å². The number of ketones is 1. The van der Waals surface area contributed by atoms with E-state index in [-0.39, 0.29) is 11.8 Å². The molecule has 160 valence electrons. The molecule has 3 aromatic heterocycles. The highest BCUT2D eigenvalue weighted by molar-refractivity contribution is 6.03. The Morgan fingerprint density at radius 2 is 2.07 bits per heavy atom. The Hall–Kier alpha value is -3.20. The maximum Gasteiger partial charge on any atom is 0.339 e. The first-order valence-corrected chi connectivity index (χ1v) is 9.89. The number of hydrogen-bond donors (Lipinski definition) is 2. The third-order valence-corrected chi connectivity index (χ3v) is 5.23. The molecule has 0 amide bonds. The highest BCUT2D eigenvalue weighted by Gasteiger charge is 2.32. The van der Waals surface area contributed by atoms with E-state index in [4.69, 9.17) is 13.6 Å². The summed E-state index contributed by atoms with van der Waals surface area (Å²) < 4.78 is 15.8. The van der Waals surface area contributed by atoms with E-state index in [0.29, 0.717) is 46.6 Å². The molecule has 0 aliphatic rings. The number of aromatic amines is 1. The van der Waals surface area contributed by atoms with Gasteiger partial charge < -0.3 is 23.5 Å². The summed E-state index contributed by atoms with van der Waals surface area (Å²) in [5, 5.41) is 8.13. The second-order valence-corrected chi connectivity index (χ2v) is 7.27. The van der Waals surface area contributed by atoms with Crippen molar-refractivity contribution < 1.29 is 28.1 Å². The van der Waals surface area contributed by atoms with E-state index in [1.165, 1.54) is 13.4 Å². The number of ether oxygens (including phenoxy) is 1. The Morgan fingerprint density at radius 3 is 2.70 bits per heavy atom. The first-order chi connectivity index (χ1) is 14.4. The van der Waals surface area contributed by atoms with Crippen molar-refractivity contribution in [3.8, 4) is 11.7 Å². The number of hydrogen-bond acceptors (Lipinski definition) is 7. The second kappa shape index (κ2) is 9.08. The molecule has 3 aromatic rings. The third-order valence-electron chi connectivity index (χ3n) is 5.23. The minimum absolute atomic E-state index is 0.0834. The Bertz CT molecular complexity index is 1020. The fourth-order valence-corrected chi connectivity index (χ4v) is 3.60. The molecule has 30 heavy (non-hydrogen) atoms. The number of carbonyl (C=O) groups excluding carboxylic acids is 2. The molecule has 0 fully saturated rings. The predicted molar refractivity (Wildman–Crippen MR) is 107 cm³/mol. The van der Waals surface area contributed by atoms with Gasteiger partial charge in [0, 0.05) is 5.69 Å². The Morgan fingerprint density at radius 1 is 1.30 bits per heavy atom. The van der Waals surface area contributed by atoms with Crippen LogP contribution in [0, 0.1) is 13.8 Å². The molecular weight excluding hydrogens is 388 g/mol. The molecule has 0 saturated carbocycles. The number of furan rings is 1. The summed E-state index contributed by atoms with van der Waals surface area (Å²) in [4.78, 5) is 29.4. The fourth-order valence-electron chi connectivity index (χ4n) is 3.60. The number of nitrogens with zero attached hydrogens (tertiary/aromatic N) is 2. The Labute approximate surface area is 174 Å². The zero-order valence-corrected chi connectivity index (χ0v) is 17.9. The van der Waals surface area contributed by atoms with E-state index in [0.717, 1.165) is 17.9 Å². The van der Waals surface area contributed by atoms with Gasteiger partial charge in [-0.2, -0.15) is 0 Å². The number of carbonyl (C=O) groups is 2. The van der Waals surface area contributed by atoms with E-state index >= 15 is 0 Å². The number of esters is 1. The van der Waals surface area contributed by atoms with Crippen LogP contribution in [0.15, 0.2) is 27.2 Å². The van der Waals surface area contributed by atoms with Gasteiger partial charge in [0.25, 0.3) is 11.8 Å². The minimum Gasteiger partial charge on any atom is -0.465 e. The lowest BCUT2D eigenvalue weighted by Gasteiger charge is -2.23. The van der Waals surface area contributed by atoms with Gasteiger partial charge in [0.15, 0.2) is 18.3 Å². The van der Waals surface area contributed by atoms with Crippen LogP contribution < -0.4 is 4.90 Å². The van der Waals surface area contributed by atoms with Gasteiger partial charge >= 0.3 is 5.97 Å². The number of methoxy groups -OCH3 is 1. The van der Waals surface area contributed by atoms with Gasteiger partial charge in [0.2, 0.25) is 5.78 Å². The van der Waals surface area contributed by atoms with Crippen molar-refractivity contribution >= 4 is 11.8 Å². The van der Waals surface area contributed by atoms with Crippen LogP contribution in [0.25, 0.3) is 11.7 Å². The maximum absolute atomic E-state index is 13.3. The van der Waals surface area contributed by atoms with Crippen molar-refractivity contribution in [1.29, 1.82) is 0 Å². The number of quaternary nitrogens is 1. The normalized spacial score (nSPS) is 13.2. The van der Waals surface area contributed by atoms with Gasteiger partial charge in [-0.1, -0.05) is 6.92 Å². The van der Waals surface area contributed by atoms with Gasteiger partial charge in [-0.25, -0.2) is 4.79 Å². The van der Waals surface area contributed by atoms with Gasteiger partial charge in [-0.15, -0.1) is 10.2 Å². The van der Waals surface area contributed by atoms with Gasteiger partial charge in [-0.05, 0) is 44.9 Å². The predicted octanol–water partition coefficient (Wildman–Crippen LogP) is 2.13. The Kier molecular flexibility index (Phi) is 6.51. The molecule has 0 aliphatic carbocycles. The topological polar surface area (TPSA) is 116 Å². The summed E-state index contributed by atoms with van der Waals surface area (Å²) in [5.41, 5.74) is 2.05. The molecule has 2 atom stereocenters. The maximum atomic E-state index is 13.3. The molecular formula is C21H27N4O5+. The summed E-state index contributed by atoms with van der Waals surface area (Å²) in [6, 6.07) is 3.11. The highest BCUT2D eigenvalue weighted by atomic mass is 16.5. The van der Waals surface area contributed by atoms with E-state index in [1.54, 1.807) is 26.0 Å². The van der Waals surface area contributed by atoms with E-state index in [9.17, 15) is 9.59 Å². The molecule has 9 heteroatoms. The largest absolute Gasteiger partial charge is 0.465 e. The molecule has 0 bridgehead atoms. The average Bonchev–Trinajstić information content (AvgIpc) is 3.46. The van der Waals surface area contributed by atoms with Crippen molar-refractivity contribution in [3.05, 3.63) is 46.8 Å². The number of aromatic nitrogens is 3. The van der Waals surface area contributed by atoms with E-state index < -0.39 is 5.97 Å². The van der Waals surface area contributed by atoms with Crippen LogP contribution in [-0.4, -0.2) is 46.6 Å². The zero-order valence-electron chi connectivity index (χ0n) is 17.9. The molecule has 2 N–H and O–H groups in total. The van der Waals surface area contributed by atoms with Gasteiger partial charge in [0.05, 0.1) is 31.2 Å². The molecule has 0 aromatic carbocycles. The SMILES string of the molecule is CCC[NH+](Cc1nnc(-c2ccco2)o1)[C@@H](C)C(=O)c1[nH]c(C)c(C(=O)OC)c1C. The third kappa shape index (κ3) is 4.20. The van der Waals surface area contributed by atoms with E-state index in [1.807, 2.05) is 6.92 Å². The molecule has 0 spiro atoms. The average molecular weight is 415 g/mol. The molecule has 3 heterocycles. The lowest BCUT2D eigenvalue weighted by atomic mass is 10.0. The van der Waals surface area contributed by atoms with Gasteiger partial charge in [-0.3, -0.25) is 4.79 Å². The smallest absolute Gasteiger partial charge is 0.339 e. The van der Waals surface area contributed by atoms with Crippen LogP contribution in [0.2, 0.25) is 0 Å². The fraction of sp³-hybridized carbons (Fsp3) is 0.429. The quantitative estimate of drug-likeness (QED) is 0.406. The molecule has 3 rings (SSSR count). The van der Waals surface area contributed by atoms with Crippen LogP contribution in [0.1, 0.15) is 58.3 Å². The Balaban J connectivity index is 1.81. The lowest BCUT2D eigenvalue weighted by Crippen LogP contribution is -3.15. The number of H-pyrrole nitrogens is 1. The van der Waals surface area contributed by atoms with Crippen molar-refractivity contribution in [2.24, 2.45) is 0 Å². The molecule has 9 nitrogen and oxygen atoms in total. The summed E-state index contributed by atoms with van der Waals surface area (Å²) >= 11 is 0. The van der Waals surface area contributed by atoms with Crippen LogP contribution in [0.4, 0.5) is 0 Å². The standard InChI is InChI=1S/C21H26N4O5/c1-6-9-25(11-16-23-24-20(30-16)15-8-7-10-29-15)14(4)19(26)18-12(2)17(13(3)22-18)21(27)28-5/h7-8,10,14,22H,6,9,11H2,1-5H3/p+1/t14-/m0/s1. The highest BCUT2D eigenvalue weighted by Crippen LogP contribution is 2.20. The van der Waals surface area contributed by atoms with E-state index in [2.05, 4.69) is 22.1 Å². The lowest BCUT2D eigenvalue weighted by molar-refractivity contribution is -0.928. The molecule has 0 saturated heterocycles. The summed E-state index contributed by atoms with van der Waals surface area (Å²) in [5.74, 6) is 0.701. The summed E-state index contributed by atoms with van der Waals surface area (Å²) in [6.07, 6.45) is 2.42. The molecule has 1 unspecified atom stereocenters. The summed E-state index contributed by atoms with van der Waals surface area (Å²) in [6.45, 7) is 8.57. The number of nitrogens with one attached hydrogen (secondary N) is 2. The van der Waals surface area contributed by atoms with Crippen LogP contribution in [-0.2, 0) is 11.3 Å². The van der Waals surface area contributed by atoms with Crippen molar-refractivity contribution in [2.45, 2.75) is 46.7 Å². The van der Waals surface area contributed by atoms with Crippen molar-refractivity contribution in [1.82, 2.24) is 15.2 Å². The van der Waals surface area contributed by atoms with Crippen LogP contribution in [0.5, 0.6) is 0 Å². The van der Waals surface area contributed by atoms with Gasteiger partial charge in [0.1, 0.15) is 0 Å².